The summed E-state index contributed by atoms with van der Waals surface area (Å²) in [6, 6.07) is 3.37. The number of nitrogens with one attached hydrogen (secondary N) is 1. The van der Waals surface area contributed by atoms with E-state index in [0.29, 0.717) is 23.1 Å². The molecule has 0 bridgehead atoms. The predicted octanol–water partition coefficient (Wildman–Crippen LogP) is 0.300. The van der Waals surface area contributed by atoms with Gasteiger partial charge in [-0.05, 0) is 19.1 Å². The van der Waals surface area contributed by atoms with Crippen molar-refractivity contribution in [3.8, 4) is 0 Å². The van der Waals surface area contributed by atoms with E-state index in [0.717, 1.165) is 32.1 Å². The van der Waals surface area contributed by atoms with Gasteiger partial charge in [-0.2, -0.15) is 5.10 Å². The van der Waals surface area contributed by atoms with Crippen LogP contribution in [-0.4, -0.2) is 56.3 Å². The molecule has 0 atom stereocenters. The van der Waals surface area contributed by atoms with Crippen LogP contribution in [-0.2, 0) is 13.1 Å². The molecule has 4 rings (SSSR count). The second-order valence-corrected chi connectivity index (χ2v) is 6.40. The number of Topliss-reactive ketones (excluding diaryl/α,β-unsaturated/α-hetero) is 1. The average molecular weight is 367 g/mol. The van der Waals surface area contributed by atoms with Crippen LogP contribution in [0.4, 0.5) is 5.95 Å². The highest BCUT2D eigenvalue weighted by atomic mass is 16.1. The summed E-state index contributed by atoms with van der Waals surface area (Å²) in [7, 11) is 0. The van der Waals surface area contributed by atoms with E-state index in [9.17, 15) is 9.59 Å². The SMILES string of the molecule is CCn1c(N2CCNCC2)nc2cnn(CC(=O)c3cccnc3)c(=O)c21. The Balaban J connectivity index is 1.73. The van der Waals surface area contributed by atoms with Crippen molar-refractivity contribution in [1.82, 2.24) is 29.6 Å². The van der Waals surface area contributed by atoms with Crippen molar-refractivity contribution in [2.24, 2.45) is 0 Å². The minimum absolute atomic E-state index is 0.127. The van der Waals surface area contributed by atoms with E-state index in [1.54, 1.807) is 24.5 Å². The molecule has 27 heavy (non-hydrogen) atoms. The number of nitrogens with zero attached hydrogens (tertiary/aromatic N) is 6. The number of carbonyl (C=O) groups is 1. The van der Waals surface area contributed by atoms with Gasteiger partial charge in [-0.3, -0.25) is 14.6 Å². The number of fused-ring (bicyclic) bond motifs is 1. The van der Waals surface area contributed by atoms with Crippen LogP contribution in [0.2, 0.25) is 0 Å². The molecule has 3 aromatic rings. The highest BCUT2D eigenvalue weighted by Gasteiger charge is 2.21. The van der Waals surface area contributed by atoms with Gasteiger partial charge in [0.2, 0.25) is 5.95 Å². The monoisotopic (exact) mass is 367 g/mol. The van der Waals surface area contributed by atoms with Crippen LogP contribution in [0.25, 0.3) is 11.0 Å². The molecule has 9 heteroatoms. The number of imidazole rings is 1. The molecule has 0 unspecified atom stereocenters. The largest absolute Gasteiger partial charge is 0.340 e. The number of anilines is 1. The highest BCUT2D eigenvalue weighted by Crippen LogP contribution is 2.20. The van der Waals surface area contributed by atoms with Crippen LogP contribution in [0.15, 0.2) is 35.5 Å². The predicted molar refractivity (Wildman–Crippen MR) is 101 cm³/mol. The van der Waals surface area contributed by atoms with Gasteiger partial charge in [0, 0.05) is 50.7 Å². The molecule has 1 saturated heterocycles. The van der Waals surface area contributed by atoms with E-state index in [1.165, 1.54) is 10.9 Å². The highest BCUT2D eigenvalue weighted by molar-refractivity contribution is 5.95. The summed E-state index contributed by atoms with van der Waals surface area (Å²) < 4.78 is 3.11. The number of piperazine rings is 1. The van der Waals surface area contributed by atoms with Crippen molar-refractivity contribution in [2.75, 3.05) is 31.1 Å². The van der Waals surface area contributed by atoms with E-state index < -0.39 is 0 Å². The first-order chi connectivity index (χ1) is 13.2. The topological polar surface area (TPSA) is 97.9 Å². The maximum atomic E-state index is 13.0. The van der Waals surface area contributed by atoms with Gasteiger partial charge in [0.25, 0.3) is 5.56 Å². The molecule has 4 heterocycles. The fraction of sp³-hybridized carbons (Fsp3) is 0.389. The second-order valence-electron chi connectivity index (χ2n) is 6.40. The molecule has 0 spiro atoms. The number of aromatic nitrogens is 5. The molecule has 1 aliphatic heterocycles. The molecule has 0 aliphatic carbocycles. The first-order valence-corrected chi connectivity index (χ1v) is 9.04. The Morgan fingerprint density at radius 1 is 1.26 bits per heavy atom. The first kappa shape index (κ1) is 17.3. The molecule has 1 aliphatic rings. The average Bonchev–Trinajstić information content (AvgIpc) is 3.11. The number of pyridine rings is 1. The third kappa shape index (κ3) is 3.21. The van der Waals surface area contributed by atoms with Crippen molar-refractivity contribution in [3.05, 3.63) is 46.6 Å². The third-order valence-electron chi connectivity index (χ3n) is 4.72. The maximum Gasteiger partial charge on any atom is 0.293 e. The quantitative estimate of drug-likeness (QED) is 0.648. The van der Waals surface area contributed by atoms with Gasteiger partial charge in [-0.25, -0.2) is 9.67 Å². The Bertz CT molecular complexity index is 1020. The van der Waals surface area contributed by atoms with E-state index in [2.05, 4.69) is 25.3 Å². The van der Waals surface area contributed by atoms with Crippen LogP contribution in [0.1, 0.15) is 17.3 Å². The number of rotatable bonds is 5. The Morgan fingerprint density at radius 2 is 2.07 bits per heavy atom. The molecular formula is C18H21N7O2. The Morgan fingerprint density at radius 3 is 2.78 bits per heavy atom. The van der Waals surface area contributed by atoms with Crippen molar-refractivity contribution < 1.29 is 4.79 Å². The van der Waals surface area contributed by atoms with Gasteiger partial charge in [0.05, 0.1) is 6.20 Å². The molecule has 1 fully saturated rings. The van der Waals surface area contributed by atoms with Crippen LogP contribution in [0.5, 0.6) is 0 Å². The zero-order valence-corrected chi connectivity index (χ0v) is 15.1. The first-order valence-electron chi connectivity index (χ1n) is 9.04. The van der Waals surface area contributed by atoms with Crippen LogP contribution < -0.4 is 15.8 Å². The number of hydrogen-bond acceptors (Lipinski definition) is 7. The summed E-state index contributed by atoms with van der Waals surface area (Å²) in [6.45, 7) is 5.92. The summed E-state index contributed by atoms with van der Waals surface area (Å²) in [5.41, 5.74) is 1.19. The lowest BCUT2D eigenvalue weighted by Crippen LogP contribution is -2.44. The van der Waals surface area contributed by atoms with Gasteiger partial charge < -0.3 is 14.8 Å². The van der Waals surface area contributed by atoms with Crippen LogP contribution in [0, 0.1) is 0 Å². The molecule has 0 saturated carbocycles. The lowest BCUT2D eigenvalue weighted by atomic mass is 10.2. The van der Waals surface area contributed by atoms with Crippen LogP contribution in [0.3, 0.4) is 0 Å². The third-order valence-corrected chi connectivity index (χ3v) is 4.72. The maximum absolute atomic E-state index is 13.0. The fourth-order valence-corrected chi connectivity index (χ4v) is 3.35. The van der Waals surface area contributed by atoms with E-state index in [1.807, 2.05) is 11.5 Å². The van der Waals surface area contributed by atoms with Gasteiger partial charge in [0.15, 0.2) is 5.78 Å². The van der Waals surface area contributed by atoms with E-state index >= 15 is 0 Å². The van der Waals surface area contributed by atoms with Crippen molar-refractivity contribution in [1.29, 1.82) is 0 Å². The Hall–Kier alpha value is -3.07. The van der Waals surface area contributed by atoms with Gasteiger partial charge in [-0.1, -0.05) is 0 Å². The molecule has 0 aromatic carbocycles. The zero-order chi connectivity index (χ0) is 18.8. The number of carbonyl (C=O) groups excluding carboxylic acids is 1. The summed E-state index contributed by atoms with van der Waals surface area (Å²) in [6.07, 6.45) is 4.65. The van der Waals surface area contributed by atoms with Crippen molar-refractivity contribution in [2.45, 2.75) is 20.0 Å². The second kappa shape index (κ2) is 7.28. The lowest BCUT2D eigenvalue weighted by Gasteiger charge is -2.28. The molecule has 9 nitrogen and oxygen atoms in total. The molecule has 1 N–H and O–H groups in total. The lowest BCUT2D eigenvalue weighted by molar-refractivity contribution is 0.0965. The minimum Gasteiger partial charge on any atom is -0.340 e. The molecular weight excluding hydrogens is 346 g/mol. The van der Waals surface area contributed by atoms with Gasteiger partial charge in [-0.15, -0.1) is 0 Å². The summed E-state index contributed by atoms with van der Waals surface area (Å²) in [5.74, 6) is 0.575. The summed E-state index contributed by atoms with van der Waals surface area (Å²) in [5, 5.41) is 7.48. The minimum atomic E-state index is -0.305. The molecule has 140 valence electrons. The van der Waals surface area contributed by atoms with Crippen LogP contribution >= 0.6 is 0 Å². The summed E-state index contributed by atoms with van der Waals surface area (Å²) >= 11 is 0. The van der Waals surface area contributed by atoms with E-state index in [4.69, 9.17) is 0 Å². The molecule has 0 amide bonds. The fourth-order valence-electron chi connectivity index (χ4n) is 3.35. The zero-order valence-electron chi connectivity index (χ0n) is 15.1. The number of aryl methyl sites for hydroxylation is 1. The standard InChI is InChI=1S/C18H21N7O2/c1-2-24-16-14(22-18(24)23-8-6-19-7-9-23)11-21-25(17(16)27)12-15(26)13-4-3-5-20-10-13/h3-5,10-11,19H,2,6-9,12H2,1H3. The molecule has 0 radical (unpaired) electrons. The van der Waals surface area contributed by atoms with Crippen molar-refractivity contribution in [3.63, 3.8) is 0 Å². The van der Waals surface area contributed by atoms with Gasteiger partial charge in [0.1, 0.15) is 17.6 Å². The molecule has 3 aromatic heterocycles. The number of ketones is 1. The Kier molecular flexibility index (Phi) is 4.68. The van der Waals surface area contributed by atoms with Crippen molar-refractivity contribution >= 4 is 22.8 Å². The van der Waals surface area contributed by atoms with E-state index in [-0.39, 0.29) is 17.9 Å². The number of hydrogen-bond donors (Lipinski definition) is 1. The Labute approximate surface area is 155 Å². The summed E-state index contributed by atoms with van der Waals surface area (Å²) in [4.78, 5) is 36.2. The van der Waals surface area contributed by atoms with Gasteiger partial charge >= 0.3 is 0 Å². The smallest absolute Gasteiger partial charge is 0.293 e. The normalized spacial score (nSPS) is 14.6.